The zero-order valence-corrected chi connectivity index (χ0v) is 14.0. The SMILES string of the molecule is Clc1nc(Cl)nc(-c2cccc(-c3cccc4ccccc34)c2)n1. The van der Waals surface area contributed by atoms with Crippen LogP contribution in [-0.4, -0.2) is 15.0 Å². The predicted molar refractivity (Wildman–Crippen MR) is 98.2 cm³/mol. The normalized spacial score (nSPS) is 10.9. The fourth-order valence-corrected chi connectivity index (χ4v) is 3.12. The Morgan fingerprint density at radius 2 is 1.29 bits per heavy atom. The van der Waals surface area contributed by atoms with Gasteiger partial charge in [-0.1, -0.05) is 60.7 Å². The van der Waals surface area contributed by atoms with E-state index in [4.69, 9.17) is 23.2 Å². The second-order valence-corrected chi connectivity index (χ2v) is 5.98. The van der Waals surface area contributed by atoms with Crippen molar-refractivity contribution in [2.45, 2.75) is 0 Å². The Hall–Kier alpha value is -2.49. The number of aromatic nitrogens is 3. The van der Waals surface area contributed by atoms with E-state index in [2.05, 4.69) is 51.4 Å². The molecule has 4 rings (SSSR count). The summed E-state index contributed by atoms with van der Waals surface area (Å²) in [6, 6.07) is 22.6. The molecule has 0 amide bonds. The Morgan fingerprint density at radius 1 is 0.625 bits per heavy atom. The lowest BCUT2D eigenvalue weighted by atomic mass is 9.97. The summed E-state index contributed by atoms with van der Waals surface area (Å²) >= 11 is 11.8. The molecular weight excluding hydrogens is 341 g/mol. The average Bonchev–Trinajstić information content (AvgIpc) is 2.60. The van der Waals surface area contributed by atoms with Crippen molar-refractivity contribution in [3.63, 3.8) is 0 Å². The van der Waals surface area contributed by atoms with E-state index in [1.807, 2.05) is 30.3 Å². The molecule has 0 N–H and O–H groups in total. The van der Waals surface area contributed by atoms with E-state index in [-0.39, 0.29) is 10.6 Å². The first-order chi connectivity index (χ1) is 11.7. The van der Waals surface area contributed by atoms with Crippen LogP contribution in [0.5, 0.6) is 0 Å². The van der Waals surface area contributed by atoms with Crippen molar-refractivity contribution >= 4 is 34.0 Å². The van der Waals surface area contributed by atoms with E-state index in [0.29, 0.717) is 5.82 Å². The second kappa shape index (κ2) is 6.19. The van der Waals surface area contributed by atoms with E-state index >= 15 is 0 Å². The minimum Gasteiger partial charge on any atom is -0.198 e. The molecule has 24 heavy (non-hydrogen) atoms. The minimum atomic E-state index is 0.0839. The molecule has 0 aliphatic heterocycles. The largest absolute Gasteiger partial charge is 0.227 e. The van der Waals surface area contributed by atoms with Crippen molar-refractivity contribution in [2.75, 3.05) is 0 Å². The molecule has 3 aromatic carbocycles. The third kappa shape index (κ3) is 2.84. The standard InChI is InChI=1S/C19H11Cl2N3/c20-18-22-17(23-19(21)24-18)14-8-3-7-13(11-14)16-10-4-6-12-5-1-2-9-15(12)16/h1-11H. The topological polar surface area (TPSA) is 38.7 Å². The van der Waals surface area contributed by atoms with Crippen molar-refractivity contribution in [1.29, 1.82) is 0 Å². The maximum Gasteiger partial charge on any atom is 0.227 e. The van der Waals surface area contributed by atoms with Crippen LogP contribution in [0.4, 0.5) is 0 Å². The average molecular weight is 352 g/mol. The van der Waals surface area contributed by atoms with Gasteiger partial charge in [0.2, 0.25) is 10.6 Å². The fourth-order valence-electron chi connectivity index (χ4n) is 2.76. The summed E-state index contributed by atoms with van der Waals surface area (Å²) in [6.45, 7) is 0. The van der Waals surface area contributed by atoms with E-state index in [9.17, 15) is 0 Å². The van der Waals surface area contributed by atoms with E-state index in [1.165, 1.54) is 10.8 Å². The van der Waals surface area contributed by atoms with Crippen LogP contribution in [0.2, 0.25) is 10.6 Å². The first-order valence-corrected chi connectivity index (χ1v) is 8.12. The highest BCUT2D eigenvalue weighted by Crippen LogP contribution is 2.31. The van der Waals surface area contributed by atoms with Crippen LogP contribution in [0, 0.1) is 0 Å². The lowest BCUT2D eigenvalue weighted by molar-refractivity contribution is 1.06. The number of fused-ring (bicyclic) bond motifs is 1. The summed E-state index contributed by atoms with van der Waals surface area (Å²) in [5.74, 6) is 0.460. The summed E-state index contributed by atoms with van der Waals surface area (Å²) in [5, 5.41) is 2.57. The van der Waals surface area contributed by atoms with Gasteiger partial charge in [0, 0.05) is 5.56 Å². The molecule has 5 heteroatoms. The van der Waals surface area contributed by atoms with Crippen molar-refractivity contribution < 1.29 is 0 Å². The molecule has 0 unspecified atom stereocenters. The van der Waals surface area contributed by atoms with Crippen LogP contribution >= 0.6 is 23.2 Å². The summed E-state index contributed by atoms with van der Waals surface area (Å²) < 4.78 is 0. The molecule has 1 aromatic heterocycles. The molecule has 0 bridgehead atoms. The molecule has 0 atom stereocenters. The zero-order chi connectivity index (χ0) is 16.5. The van der Waals surface area contributed by atoms with Crippen LogP contribution in [0.1, 0.15) is 0 Å². The van der Waals surface area contributed by atoms with Gasteiger partial charge in [-0.25, -0.2) is 0 Å². The lowest BCUT2D eigenvalue weighted by Crippen LogP contribution is -1.94. The summed E-state index contributed by atoms with van der Waals surface area (Å²) in [7, 11) is 0. The van der Waals surface area contributed by atoms with Gasteiger partial charge in [-0.2, -0.15) is 15.0 Å². The van der Waals surface area contributed by atoms with Crippen LogP contribution in [-0.2, 0) is 0 Å². The van der Waals surface area contributed by atoms with Gasteiger partial charge < -0.3 is 0 Å². The number of hydrogen-bond acceptors (Lipinski definition) is 3. The monoisotopic (exact) mass is 351 g/mol. The van der Waals surface area contributed by atoms with Crippen LogP contribution in [0.15, 0.2) is 66.7 Å². The number of nitrogens with zero attached hydrogens (tertiary/aromatic N) is 3. The molecule has 0 fully saturated rings. The van der Waals surface area contributed by atoms with E-state index in [1.54, 1.807) is 0 Å². The van der Waals surface area contributed by atoms with Gasteiger partial charge in [-0.05, 0) is 51.2 Å². The van der Waals surface area contributed by atoms with Gasteiger partial charge >= 0.3 is 0 Å². The Morgan fingerprint density at radius 3 is 2.12 bits per heavy atom. The molecule has 0 spiro atoms. The Bertz CT molecular complexity index is 1020. The molecule has 116 valence electrons. The molecule has 0 radical (unpaired) electrons. The predicted octanol–water partition coefficient (Wildman–Crippen LogP) is 5.67. The number of halogens is 2. The third-order valence-electron chi connectivity index (χ3n) is 3.80. The third-order valence-corrected chi connectivity index (χ3v) is 4.14. The van der Waals surface area contributed by atoms with Crippen molar-refractivity contribution in [1.82, 2.24) is 15.0 Å². The quantitative estimate of drug-likeness (QED) is 0.467. The molecule has 4 aromatic rings. The summed E-state index contributed by atoms with van der Waals surface area (Å²) in [6.07, 6.45) is 0. The van der Waals surface area contributed by atoms with Gasteiger partial charge in [-0.3, -0.25) is 0 Å². The van der Waals surface area contributed by atoms with E-state index < -0.39 is 0 Å². The maximum atomic E-state index is 5.89. The maximum absolute atomic E-state index is 5.89. The number of rotatable bonds is 2. The zero-order valence-electron chi connectivity index (χ0n) is 12.4. The van der Waals surface area contributed by atoms with Crippen LogP contribution < -0.4 is 0 Å². The molecular formula is C19H11Cl2N3. The van der Waals surface area contributed by atoms with Gasteiger partial charge in [0.15, 0.2) is 5.82 Å². The highest BCUT2D eigenvalue weighted by Gasteiger charge is 2.09. The molecule has 1 heterocycles. The molecule has 3 nitrogen and oxygen atoms in total. The second-order valence-electron chi connectivity index (χ2n) is 5.30. The smallest absolute Gasteiger partial charge is 0.198 e. The Labute approximate surface area is 148 Å². The van der Waals surface area contributed by atoms with Gasteiger partial charge in [0.1, 0.15) is 0 Å². The summed E-state index contributed by atoms with van der Waals surface area (Å²) in [4.78, 5) is 12.1. The number of benzene rings is 3. The Balaban J connectivity index is 1.88. The highest BCUT2D eigenvalue weighted by atomic mass is 35.5. The molecule has 0 saturated carbocycles. The minimum absolute atomic E-state index is 0.0839. The van der Waals surface area contributed by atoms with Gasteiger partial charge in [0.05, 0.1) is 0 Å². The first-order valence-electron chi connectivity index (χ1n) is 7.36. The molecule has 0 saturated heterocycles. The molecule has 0 aliphatic carbocycles. The van der Waals surface area contributed by atoms with Crippen molar-refractivity contribution in [3.8, 4) is 22.5 Å². The van der Waals surface area contributed by atoms with Crippen LogP contribution in [0.3, 0.4) is 0 Å². The van der Waals surface area contributed by atoms with Gasteiger partial charge in [0.25, 0.3) is 0 Å². The van der Waals surface area contributed by atoms with Crippen LogP contribution in [0.25, 0.3) is 33.3 Å². The van der Waals surface area contributed by atoms with E-state index in [0.717, 1.165) is 16.7 Å². The fraction of sp³-hybridized carbons (Fsp3) is 0. The van der Waals surface area contributed by atoms with Crippen molar-refractivity contribution in [3.05, 3.63) is 77.3 Å². The van der Waals surface area contributed by atoms with Crippen molar-refractivity contribution in [2.24, 2.45) is 0 Å². The first kappa shape index (κ1) is 15.1. The summed E-state index contributed by atoms with van der Waals surface area (Å²) in [5.41, 5.74) is 3.07. The highest BCUT2D eigenvalue weighted by molar-refractivity contribution is 6.31. The molecule has 0 aliphatic rings. The lowest BCUT2D eigenvalue weighted by Gasteiger charge is -2.08. The Kier molecular flexibility index (Phi) is 3.89. The van der Waals surface area contributed by atoms with Gasteiger partial charge in [-0.15, -0.1) is 0 Å². The number of hydrogen-bond donors (Lipinski definition) is 0.